The molecule has 0 saturated heterocycles. The molecule has 2 aromatic carbocycles. The highest BCUT2D eigenvalue weighted by Crippen LogP contribution is 2.44. The first-order chi connectivity index (χ1) is 16.9. The molecule has 180 valence electrons. The van der Waals surface area contributed by atoms with E-state index in [1.165, 1.54) is 9.58 Å². The Balaban J connectivity index is 1.20. The van der Waals surface area contributed by atoms with Crippen molar-refractivity contribution in [3.63, 3.8) is 0 Å². The Labute approximate surface area is 202 Å². The van der Waals surface area contributed by atoms with Crippen LogP contribution in [0.15, 0.2) is 54.6 Å². The van der Waals surface area contributed by atoms with Gasteiger partial charge in [-0.15, -0.1) is 0 Å². The highest BCUT2D eigenvalue weighted by Gasteiger charge is 2.35. The van der Waals surface area contributed by atoms with E-state index in [0.29, 0.717) is 5.69 Å². The first kappa shape index (κ1) is 22.6. The molecule has 0 radical (unpaired) electrons. The molecular weight excluding hydrogens is 448 g/mol. The first-order valence-electron chi connectivity index (χ1n) is 11.6. The minimum absolute atomic E-state index is 0.0325. The van der Waals surface area contributed by atoms with Crippen molar-refractivity contribution in [3.8, 4) is 11.1 Å². The van der Waals surface area contributed by atoms with E-state index in [9.17, 15) is 14.4 Å². The van der Waals surface area contributed by atoms with Crippen LogP contribution in [0, 0.1) is 0 Å². The fraction of sp³-hybridized carbons (Fsp3) is 0.308. The zero-order chi connectivity index (χ0) is 24.5. The van der Waals surface area contributed by atoms with Crippen molar-refractivity contribution in [2.75, 3.05) is 13.2 Å². The Hall–Kier alpha value is -4.14. The van der Waals surface area contributed by atoms with Crippen LogP contribution in [0.5, 0.6) is 0 Å². The van der Waals surface area contributed by atoms with Crippen molar-refractivity contribution < 1.29 is 24.2 Å². The number of carbonyl (C=O) groups excluding carboxylic acids is 2. The number of nitrogens with one attached hydrogen (secondary N) is 1. The Bertz CT molecular complexity index is 1250. The van der Waals surface area contributed by atoms with E-state index < -0.39 is 12.1 Å². The van der Waals surface area contributed by atoms with Crippen LogP contribution in [0.2, 0.25) is 0 Å². The number of nitrogens with zero attached hydrogens (tertiary/aromatic N) is 3. The summed E-state index contributed by atoms with van der Waals surface area (Å²) in [6.45, 7) is -0.0560. The number of aromatic nitrogens is 2. The van der Waals surface area contributed by atoms with E-state index in [-0.39, 0.29) is 43.3 Å². The number of carboxylic acids is 1. The van der Waals surface area contributed by atoms with Crippen LogP contribution >= 0.6 is 0 Å². The molecule has 5 rings (SSSR count). The summed E-state index contributed by atoms with van der Waals surface area (Å²) in [4.78, 5) is 37.8. The van der Waals surface area contributed by atoms with Crippen LogP contribution in [0.25, 0.3) is 11.1 Å². The molecule has 0 atom stereocenters. The molecule has 0 spiro atoms. The van der Waals surface area contributed by atoms with Gasteiger partial charge in [0.05, 0.1) is 12.2 Å². The van der Waals surface area contributed by atoms with Gasteiger partial charge in [0.15, 0.2) is 0 Å². The second kappa shape index (κ2) is 9.25. The maximum Gasteiger partial charge on any atom is 0.407 e. The predicted molar refractivity (Wildman–Crippen MR) is 127 cm³/mol. The molecule has 1 heterocycles. The van der Waals surface area contributed by atoms with Crippen LogP contribution in [0.4, 0.5) is 4.79 Å². The number of benzene rings is 2. The molecule has 35 heavy (non-hydrogen) atoms. The lowest BCUT2D eigenvalue weighted by atomic mass is 9.98. The van der Waals surface area contributed by atoms with Crippen molar-refractivity contribution in [1.82, 2.24) is 20.0 Å². The van der Waals surface area contributed by atoms with E-state index in [1.54, 1.807) is 13.1 Å². The number of ether oxygens (including phenoxy) is 1. The van der Waals surface area contributed by atoms with Crippen LogP contribution in [0.3, 0.4) is 0 Å². The van der Waals surface area contributed by atoms with Crippen LogP contribution in [-0.2, 0) is 23.1 Å². The number of carboxylic acid groups (broad SMARTS) is 1. The monoisotopic (exact) mass is 474 g/mol. The van der Waals surface area contributed by atoms with Crippen molar-refractivity contribution in [3.05, 3.63) is 77.1 Å². The lowest BCUT2D eigenvalue weighted by Crippen LogP contribution is -2.38. The third-order valence-corrected chi connectivity index (χ3v) is 6.46. The molecular formula is C26H26N4O5. The van der Waals surface area contributed by atoms with Gasteiger partial charge in [0.2, 0.25) is 0 Å². The fourth-order valence-electron chi connectivity index (χ4n) is 4.67. The first-order valence-corrected chi connectivity index (χ1v) is 11.6. The minimum atomic E-state index is -1.05. The molecule has 9 nitrogen and oxygen atoms in total. The average Bonchev–Trinajstić information content (AvgIpc) is 3.55. The Kier molecular flexibility index (Phi) is 5.98. The second-order valence-electron chi connectivity index (χ2n) is 8.88. The normalized spacial score (nSPS) is 14.2. The van der Waals surface area contributed by atoms with Gasteiger partial charge in [0.1, 0.15) is 18.8 Å². The third kappa shape index (κ3) is 4.62. The summed E-state index contributed by atoms with van der Waals surface area (Å²) in [7, 11) is 1.62. The zero-order valence-corrected chi connectivity index (χ0v) is 19.3. The lowest BCUT2D eigenvalue weighted by Gasteiger charge is -2.19. The van der Waals surface area contributed by atoms with Crippen molar-refractivity contribution >= 4 is 18.0 Å². The van der Waals surface area contributed by atoms with E-state index in [0.717, 1.165) is 35.1 Å². The molecule has 2 aliphatic carbocycles. The molecule has 9 heteroatoms. The summed E-state index contributed by atoms with van der Waals surface area (Å²) in [5.41, 5.74) is 5.35. The number of carbonyl (C=O) groups is 3. The van der Waals surface area contributed by atoms with E-state index >= 15 is 0 Å². The zero-order valence-electron chi connectivity index (χ0n) is 19.3. The van der Waals surface area contributed by atoms with Gasteiger partial charge < -0.3 is 20.1 Å². The number of hydrogen-bond acceptors (Lipinski definition) is 5. The van der Waals surface area contributed by atoms with E-state index in [4.69, 9.17) is 9.84 Å². The topological polar surface area (TPSA) is 114 Å². The molecule has 0 unspecified atom stereocenters. The maximum absolute atomic E-state index is 12.9. The van der Waals surface area contributed by atoms with Gasteiger partial charge in [0, 0.05) is 19.0 Å². The highest BCUT2D eigenvalue weighted by molar-refractivity contribution is 5.95. The fourth-order valence-corrected chi connectivity index (χ4v) is 4.67. The van der Waals surface area contributed by atoms with Crippen molar-refractivity contribution in [1.29, 1.82) is 0 Å². The predicted octanol–water partition coefficient (Wildman–Crippen LogP) is 3.15. The summed E-state index contributed by atoms with van der Waals surface area (Å²) in [5.74, 6) is -1.46. The minimum Gasteiger partial charge on any atom is -0.480 e. The third-order valence-electron chi connectivity index (χ3n) is 6.46. The highest BCUT2D eigenvalue weighted by atomic mass is 16.5. The summed E-state index contributed by atoms with van der Waals surface area (Å²) in [6.07, 6.45) is 1.02. The summed E-state index contributed by atoms with van der Waals surface area (Å²) in [6, 6.07) is 17.8. The summed E-state index contributed by atoms with van der Waals surface area (Å²) < 4.78 is 6.95. The largest absolute Gasteiger partial charge is 0.480 e. The van der Waals surface area contributed by atoms with Gasteiger partial charge >= 0.3 is 12.1 Å². The number of alkyl carbamates (subject to hydrolysis) is 1. The molecule has 2 N–H and O–H groups in total. The Morgan fingerprint density at radius 1 is 1.09 bits per heavy atom. The molecule has 2 aliphatic rings. The number of amides is 2. The number of fused-ring (bicyclic) bond motifs is 3. The number of hydrogen-bond donors (Lipinski definition) is 2. The number of aryl methyl sites for hydroxylation is 1. The molecule has 0 aliphatic heterocycles. The van der Waals surface area contributed by atoms with E-state index in [2.05, 4.69) is 34.7 Å². The SMILES string of the molecule is Cn1nc(CNC(=O)OCC2c3ccccc3-c3ccccc32)cc1C(=O)N(CC(=O)O)C1CC1. The average molecular weight is 475 g/mol. The molecule has 3 aromatic rings. The van der Waals surface area contributed by atoms with Gasteiger partial charge in [-0.1, -0.05) is 48.5 Å². The maximum atomic E-state index is 12.9. The lowest BCUT2D eigenvalue weighted by molar-refractivity contribution is -0.137. The van der Waals surface area contributed by atoms with Gasteiger partial charge in [-0.3, -0.25) is 14.3 Å². The van der Waals surface area contributed by atoms with Crippen LogP contribution in [-0.4, -0.2) is 57.0 Å². The number of aliphatic carboxylic acids is 1. The van der Waals surface area contributed by atoms with Gasteiger partial charge in [0.25, 0.3) is 5.91 Å². The standard InChI is InChI=1S/C26H26N4O5/c1-29-23(25(33)30(14-24(31)32)17-10-11-17)12-16(28-29)13-27-26(34)35-15-22-20-8-4-2-6-18(20)19-7-3-5-9-21(19)22/h2-9,12,17,22H,10-11,13-15H2,1H3,(H,27,34)(H,31,32). The van der Waals surface area contributed by atoms with Crippen LogP contribution in [0.1, 0.15) is 46.1 Å². The Morgan fingerprint density at radius 2 is 1.71 bits per heavy atom. The van der Waals surface area contributed by atoms with Crippen LogP contribution < -0.4 is 5.32 Å². The summed E-state index contributed by atoms with van der Waals surface area (Å²) >= 11 is 0. The van der Waals surface area contributed by atoms with E-state index in [1.807, 2.05) is 24.3 Å². The molecule has 1 fully saturated rings. The van der Waals surface area contributed by atoms with Gasteiger partial charge in [-0.25, -0.2) is 4.79 Å². The molecule has 0 bridgehead atoms. The Morgan fingerprint density at radius 3 is 2.31 bits per heavy atom. The molecule has 1 aromatic heterocycles. The van der Waals surface area contributed by atoms with Gasteiger partial charge in [-0.05, 0) is 41.2 Å². The van der Waals surface area contributed by atoms with Crippen molar-refractivity contribution in [2.24, 2.45) is 7.05 Å². The molecule has 1 saturated carbocycles. The smallest absolute Gasteiger partial charge is 0.407 e. The summed E-state index contributed by atoms with van der Waals surface area (Å²) in [5, 5.41) is 16.1. The van der Waals surface area contributed by atoms with Crippen molar-refractivity contribution in [2.45, 2.75) is 31.3 Å². The number of rotatable bonds is 8. The van der Waals surface area contributed by atoms with Gasteiger partial charge in [-0.2, -0.15) is 5.10 Å². The molecule has 2 amide bonds. The quantitative estimate of drug-likeness (QED) is 0.519. The second-order valence-corrected chi connectivity index (χ2v) is 8.88.